The Morgan fingerprint density at radius 2 is 1.94 bits per heavy atom. The zero-order valence-corrected chi connectivity index (χ0v) is 10.4. The Kier molecular flexibility index (Phi) is 4.01. The third-order valence-electron chi connectivity index (χ3n) is 3.42. The van der Waals surface area contributed by atoms with Gasteiger partial charge in [-0.25, -0.2) is 0 Å². The molecule has 0 spiro atoms. The predicted molar refractivity (Wildman–Crippen MR) is 71.7 cm³/mol. The van der Waals surface area contributed by atoms with Crippen molar-refractivity contribution in [1.29, 1.82) is 0 Å². The fraction of sp³-hybridized carbons (Fsp3) is 0.400. The number of rotatable bonds is 2. The van der Waals surface area contributed by atoms with Crippen LogP contribution in [-0.2, 0) is 4.79 Å². The highest BCUT2D eigenvalue weighted by Crippen LogP contribution is 2.28. The number of nitrogens with two attached hydrogens (primary N) is 1. The summed E-state index contributed by atoms with van der Waals surface area (Å²) >= 11 is 0. The molecule has 3 nitrogen and oxygen atoms in total. The third kappa shape index (κ3) is 3.12. The second-order valence-electron chi connectivity index (χ2n) is 4.76. The number of hydrogen-bond acceptors (Lipinski definition) is 2. The van der Waals surface area contributed by atoms with E-state index in [-0.39, 0.29) is 11.4 Å². The molecule has 0 unspecified atom stereocenters. The van der Waals surface area contributed by atoms with E-state index >= 15 is 0 Å². The molecule has 0 heterocycles. The van der Waals surface area contributed by atoms with E-state index in [1.54, 1.807) is 0 Å². The molecule has 94 valence electrons. The van der Waals surface area contributed by atoms with E-state index in [0.29, 0.717) is 6.54 Å². The minimum absolute atomic E-state index is 0.220. The van der Waals surface area contributed by atoms with Crippen LogP contribution in [0.2, 0.25) is 0 Å². The van der Waals surface area contributed by atoms with E-state index in [4.69, 9.17) is 5.73 Å². The molecule has 1 aliphatic carbocycles. The van der Waals surface area contributed by atoms with Crippen molar-refractivity contribution in [3.05, 3.63) is 35.9 Å². The van der Waals surface area contributed by atoms with Crippen molar-refractivity contribution in [2.75, 3.05) is 6.54 Å². The van der Waals surface area contributed by atoms with Crippen molar-refractivity contribution < 1.29 is 4.79 Å². The van der Waals surface area contributed by atoms with Crippen molar-refractivity contribution in [1.82, 2.24) is 5.32 Å². The van der Waals surface area contributed by atoms with Crippen molar-refractivity contribution >= 4 is 5.91 Å². The molecule has 1 aliphatic rings. The van der Waals surface area contributed by atoms with Crippen LogP contribution in [0.4, 0.5) is 0 Å². The summed E-state index contributed by atoms with van der Waals surface area (Å²) in [6.07, 6.45) is 4.18. The summed E-state index contributed by atoms with van der Waals surface area (Å²) < 4.78 is 0. The van der Waals surface area contributed by atoms with Crippen molar-refractivity contribution in [3.63, 3.8) is 0 Å². The van der Waals surface area contributed by atoms with Crippen LogP contribution in [0.1, 0.15) is 31.2 Å². The van der Waals surface area contributed by atoms with Crippen molar-refractivity contribution in [3.8, 4) is 11.8 Å². The average molecular weight is 242 g/mol. The lowest BCUT2D eigenvalue weighted by atomic mass is 9.98. The summed E-state index contributed by atoms with van der Waals surface area (Å²) in [6, 6.07) is 9.50. The van der Waals surface area contributed by atoms with Gasteiger partial charge in [-0.15, -0.1) is 0 Å². The van der Waals surface area contributed by atoms with E-state index in [1.165, 1.54) is 0 Å². The molecular formula is C15H18N2O. The van der Waals surface area contributed by atoms with E-state index in [9.17, 15) is 4.79 Å². The maximum atomic E-state index is 11.8. The first-order valence-electron chi connectivity index (χ1n) is 6.33. The molecule has 0 bridgehead atoms. The van der Waals surface area contributed by atoms with Crippen LogP contribution in [0.5, 0.6) is 0 Å². The quantitative estimate of drug-likeness (QED) is 0.771. The number of nitrogens with one attached hydrogen (secondary N) is 1. The van der Waals surface area contributed by atoms with Gasteiger partial charge in [0.05, 0.1) is 5.54 Å². The second-order valence-corrected chi connectivity index (χ2v) is 4.76. The predicted octanol–water partition coefficient (Wildman–Crippen LogP) is 1.43. The van der Waals surface area contributed by atoms with Crippen LogP contribution in [0, 0.1) is 11.8 Å². The first-order valence-corrected chi connectivity index (χ1v) is 6.33. The second kappa shape index (κ2) is 5.70. The highest BCUT2D eigenvalue weighted by atomic mass is 16.1. The number of carbonyl (C=O) groups is 1. The van der Waals surface area contributed by atoms with Crippen LogP contribution in [0.15, 0.2) is 30.3 Å². The lowest BCUT2D eigenvalue weighted by molar-refractivity contribution is -0.117. The standard InChI is InChI=1S/C15H18N2O/c16-12-15(10-4-5-11-15)17-14(18)9-8-13-6-2-1-3-7-13/h1-3,6-7H,4-5,10-12,16H2,(H,17,18). The van der Waals surface area contributed by atoms with Gasteiger partial charge in [0.25, 0.3) is 5.91 Å². The van der Waals surface area contributed by atoms with Gasteiger partial charge >= 0.3 is 0 Å². The van der Waals surface area contributed by atoms with Crippen molar-refractivity contribution in [2.45, 2.75) is 31.2 Å². The molecule has 1 amide bonds. The highest BCUT2D eigenvalue weighted by molar-refractivity contribution is 5.94. The molecule has 0 aromatic heterocycles. The highest BCUT2D eigenvalue weighted by Gasteiger charge is 2.33. The van der Waals surface area contributed by atoms with Gasteiger partial charge in [0.1, 0.15) is 0 Å². The summed E-state index contributed by atoms with van der Waals surface area (Å²) in [5, 5.41) is 2.97. The molecule has 18 heavy (non-hydrogen) atoms. The Bertz CT molecular complexity index is 464. The first-order chi connectivity index (χ1) is 8.74. The Balaban J connectivity index is 1.99. The van der Waals surface area contributed by atoms with Gasteiger partial charge in [-0.1, -0.05) is 37.0 Å². The van der Waals surface area contributed by atoms with Gasteiger partial charge in [-0.3, -0.25) is 4.79 Å². The molecule has 3 heteroatoms. The summed E-state index contributed by atoms with van der Waals surface area (Å²) in [5.74, 6) is 5.26. The Morgan fingerprint density at radius 1 is 1.28 bits per heavy atom. The minimum Gasteiger partial charge on any atom is -0.339 e. The van der Waals surface area contributed by atoms with Crippen LogP contribution >= 0.6 is 0 Å². The van der Waals surface area contributed by atoms with E-state index in [2.05, 4.69) is 17.2 Å². The lowest BCUT2D eigenvalue weighted by Crippen LogP contribution is -2.51. The number of amides is 1. The van der Waals surface area contributed by atoms with Gasteiger partial charge in [-0.05, 0) is 25.0 Å². The molecule has 2 rings (SSSR count). The maximum absolute atomic E-state index is 11.8. The minimum atomic E-state index is -0.230. The largest absolute Gasteiger partial charge is 0.339 e. The van der Waals surface area contributed by atoms with E-state index < -0.39 is 0 Å². The Hall–Kier alpha value is -1.79. The van der Waals surface area contributed by atoms with Gasteiger partial charge in [0, 0.05) is 18.0 Å². The van der Waals surface area contributed by atoms with Gasteiger partial charge < -0.3 is 11.1 Å². The van der Waals surface area contributed by atoms with Crippen molar-refractivity contribution in [2.24, 2.45) is 5.73 Å². The average Bonchev–Trinajstić information content (AvgIpc) is 2.87. The fourth-order valence-corrected chi connectivity index (χ4v) is 2.35. The monoisotopic (exact) mass is 242 g/mol. The summed E-state index contributed by atoms with van der Waals surface area (Å²) in [5.41, 5.74) is 6.39. The topological polar surface area (TPSA) is 55.1 Å². The first kappa shape index (κ1) is 12.7. The maximum Gasteiger partial charge on any atom is 0.296 e. The molecule has 0 atom stereocenters. The molecule has 1 fully saturated rings. The molecule has 1 aromatic carbocycles. The number of hydrogen-bond donors (Lipinski definition) is 2. The summed E-state index contributed by atoms with van der Waals surface area (Å²) in [6.45, 7) is 0.492. The fourth-order valence-electron chi connectivity index (χ4n) is 2.35. The van der Waals surface area contributed by atoms with E-state index in [1.807, 2.05) is 30.3 Å². The lowest BCUT2D eigenvalue weighted by Gasteiger charge is -2.27. The zero-order valence-electron chi connectivity index (χ0n) is 10.4. The molecule has 1 saturated carbocycles. The SMILES string of the molecule is NCC1(NC(=O)C#Cc2ccccc2)CCCC1. The van der Waals surface area contributed by atoms with Crippen LogP contribution < -0.4 is 11.1 Å². The normalized spacial score (nSPS) is 16.7. The molecule has 3 N–H and O–H groups in total. The molecule has 0 aliphatic heterocycles. The Labute approximate surface area is 108 Å². The van der Waals surface area contributed by atoms with Gasteiger partial charge in [-0.2, -0.15) is 0 Å². The molecule has 1 aromatic rings. The Morgan fingerprint density at radius 3 is 2.56 bits per heavy atom. The number of benzene rings is 1. The third-order valence-corrected chi connectivity index (χ3v) is 3.42. The zero-order chi connectivity index (χ0) is 12.8. The molecule has 0 radical (unpaired) electrons. The summed E-state index contributed by atoms with van der Waals surface area (Å²) in [4.78, 5) is 11.8. The van der Waals surface area contributed by atoms with Crippen LogP contribution in [0.3, 0.4) is 0 Å². The van der Waals surface area contributed by atoms with Gasteiger partial charge in [0.15, 0.2) is 0 Å². The molecule has 0 saturated heterocycles. The number of carbonyl (C=O) groups excluding carboxylic acids is 1. The van der Waals surface area contributed by atoms with Crippen LogP contribution in [-0.4, -0.2) is 18.0 Å². The smallest absolute Gasteiger partial charge is 0.296 e. The van der Waals surface area contributed by atoms with Crippen LogP contribution in [0.25, 0.3) is 0 Å². The van der Waals surface area contributed by atoms with Gasteiger partial charge in [0.2, 0.25) is 0 Å². The molecular weight excluding hydrogens is 224 g/mol. The summed E-state index contributed by atoms with van der Waals surface area (Å²) in [7, 11) is 0. The van der Waals surface area contributed by atoms with E-state index in [0.717, 1.165) is 31.2 Å².